The second kappa shape index (κ2) is 5.86. The number of anilines is 1. The lowest BCUT2D eigenvalue weighted by Crippen LogP contribution is -2.40. The number of aromatic nitrogens is 2. The number of alkyl halides is 2. The number of aliphatic hydroxyl groups is 1. The van der Waals surface area contributed by atoms with Gasteiger partial charge in [-0.1, -0.05) is 5.92 Å². The lowest BCUT2D eigenvalue weighted by Gasteiger charge is -2.20. The van der Waals surface area contributed by atoms with Gasteiger partial charge in [0.15, 0.2) is 18.1 Å². The summed E-state index contributed by atoms with van der Waals surface area (Å²) in [4.78, 5) is 15.3. The van der Waals surface area contributed by atoms with Crippen LogP contribution >= 0.6 is 22.6 Å². The van der Waals surface area contributed by atoms with Gasteiger partial charge < -0.3 is 15.6 Å². The maximum absolute atomic E-state index is 14.2. The maximum atomic E-state index is 14.2. The monoisotopic (exact) mass is 411 g/mol. The second-order valence-electron chi connectivity index (χ2n) is 4.70. The molecular formula is C12H12F2IN3O3. The summed E-state index contributed by atoms with van der Waals surface area (Å²) in [6.45, 7) is 0.265. The molecule has 1 fully saturated rings. The summed E-state index contributed by atoms with van der Waals surface area (Å²) in [6.07, 6.45) is -3.88. The smallest absolute Gasteiger partial charge is 0.351 e. The maximum Gasteiger partial charge on any atom is 0.351 e. The fourth-order valence-corrected chi connectivity index (χ4v) is 2.36. The molecular weight excluding hydrogens is 399 g/mol. The Kier molecular flexibility index (Phi) is 4.50. The average molecular weight is 411 g/mol. The number of hydrogen-bond donors (Lipinski definition) is 2. The first kappa shape index (κ1) is 16.1. The van der Waals surface area contributed by atoms with Gasteiger partial charge >= 0.3 is 5.69 Å². The highest BCUT2D eigenvalue weighted by molar-refractivity contribution is 14.1. The van der Waals surface area contributed by atoms with Crippen molar-refractivity contribution in [3.8, 4) is 9.85 Å². The normalized spacial score (nSPS) is 31.8. The van der Waals surface area contributed by atoms with Gasteiger partial charge in [0, 0.05) is 28.8 Å². The predicted octanol–water partition coefficient (Wildman–Crippen LogP) is 0.525. The van der Waals surface area contributed by atoms with E-state index in [1.165, 1.54) is 6.20 Å². The fraction of sp³-hybridized carbons (Fsp3) is 0.500. The number of nitrogens with two attached hydrogens (primary N) is 1. The number of aliphatic hydroxyl groups excluding tert-OH is 1. The third-order valence-electron chi connectivity index (χ3n) is 3.33. The van der Waals surface area contributed by atoms with Crippen LogP contribution in [0.15, 0.2) is 11.0 Å². The van der Waals surface area contributed by atoms with Crippen molar-refractivity contribution in [3.63, 3.8) is 0 Å². The second-order valence-corrected chi connectivity index (χ2v) is 5.24. The average Bonchev–Trinajstić information content (AvgIpc) is 2.64. The number of ether oxygens (including phenoxy) is 1. The van der Waals surface area contributed by atoms with Crippen molar-refractivity contribution >= 4 is 28.4 Å². The molecule has 1 saturated heterocycles. The zero-order valence-electron chi connectivity index (χ0n) is 10.9. The Labute approximate surface area is 132 Å². The van der Waals surface area contributed by atoms with Crippen LogP contribution in [0.1, 0.15) is 18.7 Å². The topological polar surface area (TPSA) is 90.4 Å². The molecule has 6 nitrogen and oxygen atoms in total. The molecule has 114 valence electrons. The summed E-state index contributed by atoms with van der Waals surface area (Å²) >= 11 is 1.76. The summed E-state index contributed by atoms with van der Waals surface area (Å²) in [5.74, 6) is 2.49. The Hall–Kier alpha value is -1.25. The minimum Gasteiger partial charge on any atom is -0.394 e. The van der Waals surface area contributed by atoms with E-state index in [1.807, 2.05) is 0 Å². The van der Waals surface area contributed by atoms with Crippen molar-refractivity contribution < 1.29 is 18.6 Å². The number of rotatable bonds is 2. The van der Waals surface area contributed by atoms with E-state index < -0.39 is 36.5 Å². The molecule has 1 aromatic heterocycles. The molecule has 9 heteroatoms. The molecule has 0 radical (unpaired) electrons. The van der Waals surface area contributed by atoms with Crippen LogP contribution in [0, 0.1) is 9.85 Å². The molecule has 0 aliphatic carbocycles. The number of nitrogens with zero attached hydrogens (tertiary/aromatic N) is 2. The predicted molar refractivity (Wildman–Crippen MR) is 79.2 cm³/mol. The molecule has 1 aliphatic rings. The lowest BCUT2D eigenvalue weighted by atomic mass is 9.98. The standard InChI is InChI=1S/C12H12F2IN3O3/c1-12(14)7(5-19)21-10(8(12)13)18-4-6(2-3-15)9(16)17-11(18)20/h4,7-8,10,19H,5H2,1H3,(H2,16,17,20). The number of halogens is 3. The largest absolute Gasteiger partial charge is 0.394 e. The van der Waals surface area contributed by atoms with Crippen LogP contribution in [-0.4, -0.2) is 39.2 Å². The van der Waals surface area contributed by atoms with Crippen LogP contribution in [0.3, 0.4) is 0 Å². The fourth-order valence-electron chi connectivity index (χ4n) is 2.07. The zero-order chi connectivity index (χ0) is 15.8. The summed E-state index contributed by atoms with van der Waals surface area (Å²) < 4.78 is 36.9. The molecule has 4 unspecified atom stereocenters. The van der Waals surface area contributed by atoms with E-state index in [9.17, 15) is 13.6 Å². The third-order valence-corrected chi connectivity index (χ3v) is 3.60. The van der Waals surface area contributed by atoms with Crippen LogP contribution < -0.4 is 11.4 Å². The number of hydrogen-bond acceptors (Lipinski definition) is 5. The van der Waals surface area contributed by atoms with E-state index in [0.29, 0.717) is 0 Å². The summed E-state index contributed by atoms with van der Waals surface area (Å²) in [5, 5.41) is 9.06. The Bertz CT molecular complexity index is 668. The van der Waals surface area contributed by atoms with E-state index >= 15 is 0 Å². The van der Waals surface area contributed by atoms with Gasteiger partial charge in [0.1, 0.15) is 11.9 Å². The van der Waals surface area contributed by atoms with Crippen molar-refractivity contribution in [2.75, 3.05) is 12.3 Å². The summed E-state index contributed by atoms with van der Waals surface area (Å²) in [7, 11) is 0. The lowest BCUT2D eigenvalue weighted by molar-refractivity contribution is -0.0532. The molecule has 1 aromatic rings. The van der Waals surface area contributed by atoms with Gasteiger partial charge in [-0.15, -0.1) is 0 Å². The van der Waals surface area contributed by atoms with Crippen LogP contribution in [-0.2, 0) is 4.74 Å². The quantitative estimate of drug-likeness (QED) is 0.548. The number of nitrogen functional groups attached to an aromatic ring is 1. The molecule has 4 atom stereocenters. The van der Waals surface area contributed by atoms with Crippen LogP contribution in [0.2, 0.25) is 0 Å². The van der Waals surface area contributed by atoms with Gasteiger partial charge in [0.25, 0.3) is 0 Å². The van der Waals surface area contributed by atoms with Crippen molar-refractivity contribution in [1.82, 2.24) is 9.55 Å². The first-order chi connectivity index (χ1) is 9.82. The van der Waals surface area contributed by atoms with Crippen LogP contribution in [0.4, 0.5) is 14.6 Å². The highest BCUT2D eigenvalue weighted by atomic mass is 127. The van der Waals surface area contributed by atoms with Gasteiger partial charge in [-0.3, -0.25) is 4.57 Å². The molecule has 0 bridgehead atoms. The third kappa shape index (κ3) is 2.75. The van der Waals surface area contributed by atoms with E-state index in [2.05, 4.69) is 14.8 Å². The zero-order valence-corrected chi connectivity index (χ0v) is 13.0. The van der Waals surface area contributed by atoms with E-state index in [-0.39, 0.29) is 11.4 Å². The van der Waals surface area contributed by atoms with Gasteiger partial charge in [0.05, 0.1) is 12.2 Å². The molecule has 0 amide bonds. The van der Waals surface area contributed by atoms with Gasteiger partial charge in [-0.2, -0.15) is 4.98 Å². The minimum absolute atomic E-state index is 0.101. The van der Waals surface area contributed by atoms with Crippen molar-refractivity contribution in [2.45, 2.75) is 31.1 Å². The van der Waals surface area contributed by atoms with Crippen molar-refractivity contribution in [3.05, 3.63) is 22.2 Å². The van der Waals surface area contributed by atoms with Gasteiger partial charge in [-0.25, -0.2) is 13.6 Å². The van der Waals surface area contributed by atoms with E-state index in [1.54, 1.807) is 22.6 Å². The van der Waals surface area contributed by atoms with Crippen LogP contribution in [0.25, 0.3) is 0 Å². The first-order valence-electron chi connectivity index (χ1n) is 5.92. The van der Waals surface area contributed by atoms with Crippen LogP contribution in [0.5, 0.6) is 0 Å². The Morgan fingerprint density at radius 2 is 2.38 bits per heavy atom. The van der Waals surface area contributed by atoms with E-state index in [4.69, 9.17) is 15.6 Å². The van der Waals surface area contributed by atoms with Crippen molar-refractivity contribution in [1.29, 1.82) is 0 Å². The first-order valence-corrected chi connectivity index (χ1v) is 7.00. The molecule has 21 heavy (non-hydrogen) atoms. The molecule has 0 saturated carbocycles. The summed E-state index contributed by atoms with van der Waals surface area (Å²) in [5.41, 5.74) is 2.44. The molecule has 2 rings (SSSR count). The van der Waals surface area contributed by atoms with Gasteiger partial charge in [-0.05, 0) is 10.9 Å². The summed E-state index contributed by atoms with van der Waals surface area (Å²) in [6, 6.07) is 0. The Morgan fingerprint density at radius 1 is 1.71 bits per heavy atom. The Balaban J connectivity index is 2.49. The molecule has 3 N–H and O–H groups in total. The SMILES string of the molecule is CC1(F)C(CO)OC(n2cc(C#CI)c(N)nc2=O)C1F. The van der Waals surface area contributed by atoms with Gasteiger partial charge in [0.2, 0.25) is 0 Å². The molecule has 1 aliphatic heterocycles. The molecule has 2 heterocycles. The molecule has 0 spiro atoms. The molecule has 0 aromatic carbocycles. The van der Waals surface area contributed by atoms with E-state index in [0.717, 1.165) is 11.5 Å². The Morgan fingerprint density at radius 3 is 2.90 bits per heavy atom. The van der Waals surface area contributed by atoms with Crippen molar-refractivity contribution in [2.24, 2.45) is 0 Å². The highest BCUT2D eigenvalue weighted by Crippen LogP contribution is 2.41. The minimum atomic E-state index is -2.42. The highest BCUT2D eigenvalue weighted by Gasteiger charge is 2.56.